The second kappa shape index (κ2) is 3.51. The number of nitrogen functional groups attached to an aromatic ring is 1. The van der Waals surface area contributed by atoms with Crippen LogP contribution >= 0.6 is 11.6 Å². The summed E-state index contributed by atoms with van der Waals surface area (Å²) in [4.78, 5) is 7.84. The fourth-order valence-electron chi connectivity index (χ4n) is 1.37. The van der Waals surface area contributed by atoms with Crippen LogP contribution in [0.4, 0.5) is 5.69 Å². The zero-order chi connectivity index (χ0) is 11.0. The van der Waals surface area contributed by atoms with E-state index in [4.69, 9.17) is 17.3 Å². The van der Waals surface area contributed by atoms with Gasteiger partial charge < -0.3 is 5.73 Å². The Kier molecular flexibility index (Phi) is 2.32. The van der Waals surface area contributed by atoms with Crippen molar-refractivity contribution in [3.05, 3.63) is 28.9 Å². The topological polar surface area (TPSA) is 69.6 Å². The van der Waals surface area contributed by atoms with Gasteiger partial charge in [0.05, 0.1) is 17.6 Å². The van der Waals surface area contributed by atoms with Gasteiger partial charge in [0.1, 0.15) is 0 Å². The van der Waals surface area contributed by atoms with E-state index in [1.165, 1.54) is 6.20 Å². The molecule has 0 unspecified atom stereocenters. The number of hydrogen-bond acceptors (Lipinski definition) is 4. The largest absolute Gasteiger partial charge is 0.394 e. The molecule has 78 valence electrons. The monoisotopic (exact) mass is 223 g/mol. The van der Waals surface area contributed by atoms with E-state index < -0.39 is 0 Å². The Bertz CT molecular complexity index is 505. The number of hydrogen-bond donors (Lipinski definition) is 1. The molecule has 5 nitrogen and oxygen atoms in total. The quantitative estimate of drug-likeness (QED) is 0.745. The molecule has 0 radical (unpaired) electrons. The van der Waals surface area contributed by atoms with Crippen LogP contribution in [0.15, 0.2) is 12.3 Å². The van der Waals surface area contributed by atoms with Crippen molar-refractivity contribution < 1.29 is 0 Å². The number of aryl methyl sites for hydroxylation is 2. The van der Waals surface area contributed by atoms with Crippen LogP contribution in [-0.4, -0.2) is 19.7 Å². The van der Waals surface area contributed by atoms with Crippen molar-refractivity contribution in [2.45, 2.75) is 13.8 Å². The fraction of sp³-hybridized carbons (Fsp3) is 0.222. The maximum atomic E-state index is 5.76. The smallest absolute Gasteiger partial charge is 0.224 e. The third-order valence-electron chi connectivity index (χ3n) is 1.98. The van der Waals surface area contributed by atoms with E-state index in [0.29, 0.717) is 11.5 Å². The van der Waals surface area contributed by atoms with Gasteiger partial charge in [-0.15, -0.1) is 0 Å². The lowest BCUT2D eigenvalue weighted by atomic mass is 10.4. The number of nitrogens with two attached hydrogens (primary N) is 1. The summed E-state index contributed by atoms with van der Waals surface area (Å²) in [6.45, 7) is 3.83. The van der Waals surface area contributed by atoms with Crippen LogP contribution in [-0.2, 0) is 0 Å². The van der Waals surface area contributed by atoms with Gasteiger partial charge in [0.2, 0.25) is 5.28 Å². The number of anilines is 1. The Labute approximate surface area is 91.9 Å². The molecule has 0 amide bonds. The van der Waals surface area contributed by atoms with E-state index in [1.807, 2.05) is 19.9 Å². The van der Waals surface area contributed by atoms with Crippen molar-refractivity contribution in [1.82, 2.24) is 19.7 Å². The molecule has 6 heteroatoms. The predicted molar refractivity (Wildman–Crippen MR) is 58.1 cm³/mol. The Balaban J connectivity index is 2.62. The zero-order valence-corrected chi connectivity index (χ0v) is 9.15. The molecule has 0 aromatic carbocycles. The van der Waals surface area contributed by atoms with Crippen LogP contribution in [0.25, 0.3) is 5.82 Å². The van der Waals surface area contributed by atoms with Gasteiger partial charge in [-0.2, -0.15) is 10.1 Å². The molecular weight excluding hydrogens is 214 g/mol. The molecule has 0 aliphatic carbocycles. The summed E-state index contributed by atoms with van der Waals surface area (Å²) < 4.78 is 1.65. The normalized spacial score (nSPS) is 10.6. The molecule has 0 aliphatic heterocycles. The average Bonchev–Trinajstić information content (AvgIpc) is 2.50. The zero-order valence-electron chi connectivity index (χ0n) is 8.40. The summed E-state index contributed by atoms with van der Waals surface area (Å²) in [6, 6.07) is 1.94. The second-order valence-corrected chi connectivity index (χ2v) is 3.59. The van der Waals surface area contributed by atoms with Gasteiger partial charge in [-0.3, -0.25) is 0 Å². The number of rotatable bonds is 1. The third-order valence-corrected chi connectivity index (χ3v) is 2.16. The third kappa shape index (κ3) is 1.78. The van der Waals surface area contributed by atoms with E-state index >= 15 is 0 Å². The molecule has 2 rings (SSSR count). The minimum atomic E-state index is 0.159. The van der Waals surface area contributed by atoms with Crippen LogP contribution in [0.1, 0.15) is 11.4 Å². The van der Waals surface area contributed by atoms with Gasteiger partial charge in [0.25, 0.3) is 0 Å². The van der Waals surface area contributed by atoms with Crippen LogP contribution in [0, 0.1) is 13.8 Å². The standard InChI is InChI=1S/C9H10ClN5/c1-5-3-6(2)15(14-5)8-7(11)4-12-9(10)13-8/h3-4H,11H2,1-2H3. The van der Waals surface area contributed by atoms with Gasteiger partial charge in [-0.1, -0.05) is 0 Å². The minimum Gasteiger partial charge on any atom is -0.394 e. The number of halogens is 1. The number of aromatic nitrogens is 4. The van der Waals surface area contributed by atoms with Gasteiger partial charge in [0, 0.05) is 5.69 Å². The Morgan fingerprint density at radius 2 is 2.13 bits per heavy atom. The van der Waals surface area contributed by atoms with Crippen molar-refractivity contribution in [3.8, 4) is 5.82 Å². The van der Waals surface area contributed by atoms with E-state index in [-0.39, 0.29) is 5.28 Å². The molecule has 0 spiro atoms. The van der Waals surface area contributed by atoms with Crippen LogP contribution in [0.2, 0.25) is 5.28 Å². The van der Waals surface area contributed by atoms with Crippen molar-refractivity contribution >= 4 is 17.3 Å². The molecule has 2 aromatic rings. The highest BCUT2D eigenvalue weighted by Crippen LogP contribution is 2.17. The molecule has 0 saturated carbocycles. The van der Waals surface area contributed by atoms with Crippen molar-refractivity contribution in [2.75, 3.05) is 5.73 Å². The first kappa shape index (κ1) is 9.92. The molecule has 0 bridgehead atoms. The van der Waals surface area contributed by atoms with Gasteiger partial charge >= 0.3 is 0 Å². The molecule has 15 heavy (non-hydrogen) atoms. The predicted octanol–water partition coefficient (Wildman–Crippen LogP) is 1.51. The first-order chi connectivity index (χ1) is 7.08. The molecule has 2 aromatic heterocycles. The van der Waals surface area contributed by atoms with E-state index in [0.717, 1.165) is 11.4 Å². The van der Waals surface area contributed by atoms with Gasteiger partial charge in [0.15, 0.2) is 5.82 Å². The molecular formula is C9H10ClN5. The molecule has 2 N–H and O–H groups in total. The van der Waals surface area contributed by atoms with Crippen molar-refractivity contribution in [3.63, 3.8) is 0 Å². The van der Waals surface area contributed by atoms with Crippen molar-refractivity contribution in [2.24, 2.45) is 0 Å². The highest BCUT2D eigenvalue weighted by Gasteiger charge is 2.09. The Morgan fingerprint density at radius 3 is 2.73 bits per heavy atom. The highest BCUT2D eigenvalue weighted by molar-refractivity contribution is 6.28. The summed E-state index contributed by atoms with van der Waals surface area (Å²) in [5, 5.41) is 4.43. The maximum absolute atomic E-state index is 5.76. The Morgan fingerprint density at radius 1 is 1.40 bits per heavy atom. The second-order valence-electron chi connectivity index (χ2n) is 3.26. The lowest BCUT2D eigenvalue weighted by molar-refractivity contribution is 0.804. The van der Waals surface area contributed by atoms with Crippen LogP contribution in [0.3, 0.4) is 0 Å². The summed E-state index contributed by atoms with van der Waals surface area (Å²) in [5.41, 5.74) is 8.06. The van der Waals surface area contributed by atoms with Crippen molar-refractivity contribution in [1.29, 1.82) is 0 Å². The molecule has 0 atom stereocenters. The minimum absolute atomic E-state index is 0.159. The lowest BCUT2D eigenvalue weighted by Crippen LogP contribution is -2.07. The van der Waals surface area contributed by atoms with E-state index in [2.05, 4.69) is 15.1 Å². The Hall–Kier alpha value is -1.62. The first-order valence-corrected chi connectivity index (χ1v) is 4.77. The SMILES string of the molecule is Cc1cc(C)n(-c2nc(Cl)ncc2N)n1. The molecule has 0 fully saturated rings. The molecule has 2 heterocycles. The average molecular weight is 224 g/mol. The van der Waals surface area contributed by atoms with Crippen LogP contribution < -0.4 is 5.73 Å². The van der Waals surface area contributed by atoms with Crippen LogP contribution in [0.5, 0.6) is 0 Å². The molecule has 0 aliphatic rings. The summed E-state index contributed by atoms with van der Waals surface area (Å²) in [7, 11) is 0. The summed E-state index contributed by atoms with van der Waals surface area (Å²) >= 11 is 5.71. The highest BCUT2D eigenvalue weighted by atomic mass is 35.5. The maximum Gasteiger partial charge on any atom is 0.224 e. The lowest BCUT2D eigenvalue weighted by Gasteiger charge is -2.05. The van der Waals surface area contributed by atoms with Gasteiger partial charge in [-0.05, 0) is 31.5 Å². The summed E-state index contributed by atoms with van der Waals surface area (Å²) in [6.07, 6.45) is 1.47. The van der Waals surface area contributed by atoms with Gasteiger partial charge in [-0.25, -0.2) is 9.67 Å². The number of nitrogens with zero attached hydrogens (tertiary/aromatic N) is 4. The molecule has 0 saturated heterocycles. The fourth-order valence-corrected chi connectivity index (χ4v) is 1.50. The summed E-state index contributed by atoms with van der Waals surface area (Å²) in [5.74, 6) is 0.514. The first-order valence-electron chi connectivity index (χ1n) is 4.39. The van der Waals surface area contributed by atoms with E-state index in [9.17, 15) is 0 Å². The van der Waals surface area contributed by atoms with E-state index in [1.54, 1.807) is 4.68 Å².